The van der Waals surface area contributed by atoms with Crippen LogP contribution in [0.5, 0.6) is 0 Å². The maximum Gasteiger partial charge on any atom is 0.262 e. The Morgan fingerprint density at radius 1 is 1.29 bits per heavy atom. The third-order valence-corrected chi connectivity index (χ3v) is 7.48. The minimum Gasteiger partial charge on any atom is -0.380 e. The molecule has 136 valence electrons. The molecule has 0 saturated carbocycles. The number of aryl methyl sites for hydroxylation is 1. The van der Waals surface area contributed by atoms with Crippen LogP contribution in [0.3, 0.4) is 0 Å². The van der Waals surface area contributed by atoms with Gasteiger partial charge in [0.1, 0.15) is 0 Å². The fourth-order valence-corrected chi connectivity index (χ4v) is 5.45. The first-order chi connectivity index (χ1) is 11.4. The van der Waals surface area contributed by atoms with Gasteiger partial charge in [0.25, 0.3) is 10.0 Å². The van der Waals surface area contributed by atoms with Crippen LogP contribution >= 0.6 is 0 Å². The van der Waals surface area contributed by atoms with Crippen LogP contribution in [-0.4, -0.2) is 72.1 Å². The molecule has 3 rings (SSSR count). The maximum absolute atomic E-state index is 12.7. The highest BCUT2D eigenvalue weighted by Gasteiger charge is 2.47. The van der Waals surface area contributed by atoms with Gasteiger partial charge in [0.15, 0.2) is 5.03 Å². The van der Waals surface area contributed by atoms with Gasteiger partial charge in [-0.15, -0.1) is 0 Å². The van der Waals surface area contributed by atoms with Crippen LogP contribution < -0.4 is 0 Å². The first-order valence-corrected chi connectivity index (χ1v) is 10.1. The molecule has 2 aliphatic heterocycles. The lowest BCUT2D eigenvalue weighted by molar-refractivity contribution is 0.0343. The van der Waals surface area contributed by atoms with Crippen LogP contribution in [0.25, 0.3) is 0 Å². The molecule has 0 aromatic carbocycles. The Kier molecular flexibility index (Phi) is 5.01. The smallest absolute Gasteiger partial charge is 0.262 e. The Balaban J connectivity index is 1.66. The van der Waals surface area contributed by atoms with E-state index in [1.165, 1.54) is 6.33 Å². The van der Waals surface area contributed by atoms with E-state index in [9.17, 15) is 8.42 Å². The third-order valence-electron chi connectivity index (χ3n) is 5.69. The van der Waals surface area contributed by atoms with Gasteiger partial charge < -0.3 is 9.30 Å². The number of piperidine rings is 1. The molecule has 1 aromatic rings. The van der Waals surface area contributed by atoms with Crippen LogP contribution in [0.1, 0.15) is 32.6 Å². The van der Waals surface area contributed by atoms with Crippen molar-refractivity contribution in [2.75, 3.05) is 33.4 Å². The van der Waals surface area contributed by atoms with Gasteiger partial charge in [0.2, 0.25) is 0 Å². The van der Waals surface area contributed by atoms with Gasteiger partial charge in [-0.3, -0.25) is 4.90 Å². The van der Waals surface area contributed by atoms with Crippen molar-refractivity contribution < 1.29 is 13.2 Å². The number of ether oxygens (including phenoxy) is 1. The van der Waals surface area contributed by atoms with Gasteiger partial charge in [-0.2, -0.15) is 4.31 Å². The first kappa shape index (κ1) is 17.8. The molecule has 2 saturated heterocycles. The fourth-order valence-electron chi connectivity index (χ4n) is 4.04. The molecule has 7 nitrogen and oxygen atoms in total. The molecule has 2 aliphatic rings. The van der Waals surface area contributed by atoms with Crippen molar-refractivity contribution >= 4 is 10.0 Å². The van der Waals surface area contributed by atoms with Crippen LogP contribution in [0.2, 0.25) is 0 Å². The number of likely N-dealkylation sites (tertiary alicyclic amines) is 1. The highest BCUT2D eigenvalue weighted by Crippen LogP contribution is 2.41. The molecule has 8 heteroatoms. The molecule has 24 heavy (non-hydrogen) atoms. The summed E-state index contributed by atoms with van der Waals surface area (Å²) < 4.78 is 34.3. The Hall–Kier alpha value is -0.960. The third kappa shape index (κ3) is 3.12. The summed E-state index contributed by atoms with van der Waals surface area (Å²) in [5, 5.41) is 0.148. The molecule has 0 N–H and O–H groups in total. The topological polar surface area (TPSA) is 67.7 Å². The van der Waals surface area contributed by atoms with E-state index in [0.717, 1.165) is 38.9 Å². The number of hydrogen-bond acceptors (Lipinski definition) is 5. The van der Waals surface area contributed by atoms with Gasteiger partial charge in [-0.05, 0) is 39.7 Å². The van der Waals surface area contributed by atoms with Crippen molar-refractivity contribution in [2.45, 2.75) is 49.2 Å². The molecule has 0 aliphatic carbocycles. The van der Waals surface area contributed by atoms with Crippen LogP contribution in [0.15, 0.2) is 17.6 Å². The number of nitrogens with zero attached hydrogens (tertiary/aromatic N) is 4. The van der Waals surface area contributed by atoms with E-state index in [-0.39, 0.29) is 10.6 Å². The summed E-state index contributed by atoms with van der Waals surface area (Å²) >= 11 is 0. The summed E-state index contributed by atoms with van der Waals surface area (Å²) in [6, 6.07) is 0.448. The maximum atomic E-state index is 12.7. The molecule has 0 bridgehead atoms. The van der Waals surface area contributed by atoms with E-state index in [2.05, 4.69) is 16.9 Å². The van der Waals surface area contributed by atoms with Gasteiger partial charge in [0.05, 0.1) is 12.9 Å². The average Bonchev–Trinajstić information content (AvgIpc) is 3.13. The van der Waals surface area contributed by atoms with Crippen molar-refractivity contribution in [2.24, 2.45) is 7.05 Å². The Bertz CT molecular complexity index is 665. The zero-order chi connectivity index (χ0) is 17.4. The van der Waals surface area contributed by atoms with E-state index < -0.39 is 10.0 Å². The number of imidazole rings is 1. The number of sulfonamides is 1. The average molecular weight is 356 g/mol. The molecule has 1 atom stereocenters. The Morgan fingerprint density at radius 2 is 2.00 bits per heavy atom. The minimum absolute atomic E-state index is 0.123. The van der Waals surface area contributed by atoms with E-state index in [4.69, 9.17) is 4.74 Å². The van der Waals surface area contributed by atoms with E-state index in [1.807, 2.05) is 6.92 Å². The largest absolute Gasteiger partial charge is 0.380 e. The fraction of sp³-hybridized carbons (Fsp3) is 0.812. The lowest BCUT2D eigenvalue weighted by Gasteiger charge is -2.44. The van der Waals surface area contributed by atoms with Gasteiger partial charge in [-0.25, -0.2) is 13.4 Å². The summed E-state index contributed by atoms with van der Waals surface area (Å²) in [5.41, 5.74) is 0.123. The normalized spacial score (nSPS) is 25.5. The van der Waals surface area contributed by atoms with Gasteiger partial charge in [-0.1, -0.05) is 0 Å². The van der Waals surface area contributed by atoms with Crippen molar-refractivity contribution in [1.29, 1.82) is 0 Å². The SMILES string of the molecule is CCOC[C@@H]1CCC2(CCN(S(=O)(=O)c3cn(C)cn3)CC2)N1C. The summed E-state index contributed by atoms with van der Waals surface area (Å²) in [6.07, 6.45) is 7.10. The second-order valence-corrected chi connectivity index (χ2v) is 8.85. The zero-order valence-corrected chi connectivity index (χ0v) is 15.6. The van der Waals surface area contributed by atoms with E-state index in [1.54, 1.807) is 22.1 Å². The van der Waals surface area contributed by atoms with Crippen molar-refractivity contribution in [3.8, 4) is 0 Å². The monoisotopic (exact) mass is 356 g/mol. The predicted octanol–water partition coefficient (Wildman–Crippen LogP) is 1.07. The summed E-state index contributed by atoms with van der Waals surface area (Å²) in [7, 11) is 0.473. The summed E-state index contributed by atoms with van der Waals surface area (Å²) in [4.78, 5) is 6.46. The number of aromatic nitrogens is 2. The Morgan fingerprint density at radius 3 is 2.58 bits per heavy atom. The standard InChI is InChI=1S/C16H28N4O3S/c1-4-23-12-14-5-6-16(19(14)3)7-9-20(10-8-16)24(21,22)15-11-18(2)13-17-15/h11,13-14H,4-10,12H2,1-3H3/t14-/m0/s1. The summed E-state index contributed by atoms with van der Waals surface area (Å²) in [5.74, 6) is 0. The number of likely N-dealkylation sites (N-methyl/N-ethyl adjacent to an activating group) is 1. The number of hydrogen-bond donors (Lipinski definition) is 0. The van der Waals surface area contributed by atoms with Crippen molar-refractivity contribution in [1.82, 2.24) is 18.8 Å². The molecule has 2 fully saturated rings. The molecule has 0 amide bonds. The highest BCUT2D eigenvalue weighted by atomic mass is 32.2. The second-order valence-electron chi connectivity index (χ2n) is 6.97. The minimum atomic E-state index is -3.47. The molecule has 0 unspecified atom stereocenters. The van der Waals surface area contributed by atoms with Crippen molar-refractivity contribution in [3.05, 3.63) is 12.5 Å². The summed E-state index contributed by atoms with van der Waals surface area (Å²) in [6.45, 7) is 4.65. The van der Waals surface area contributed by atoms with Crippen LogP contribution in [-0.2, 0) is 21.8 Å². The lowest BCUT2D eigenvalue weighted by atomic mass is 9.86. The number of rotatable bonds is 5. The van der Waals surface area contributed by atoms with Crippen LogP contribution in [0, 0.1) is 0 Å². The van der Waals surface area contributed by atoms with E-state index >= 15 is 0 Å². The van der Waals surface area contributed by atoms with Crippen LogP contribution in [0.4, 0.5) is 0 Å². The molecular weight excluding hydrogens is 328 g/mol. The zero-order valence-electron chi connectivity index (χ0n) is 14.8. The van der Waals surface area contributed by atoms with Crippen molar-refractivity contribution in [3.63, 3.8) is 0 Å². The molecule has 1 spiro atoms. The van der Waals surface area contributed by atoms with Gasteiger partial charge in [0, 0.05) is 44.5 Å². The Labute approximate surface area is 144 Å². The molecule has 0 radical (unpaired) electrons. The quantitative estimate of drug-likeness (QED) is 0.790. The predicted molar refractivity (Wildman–Crippen MR) is 91.2 cm³/mol. The van der Waals surface area contributed by atoms with E-state index in [0.29, 0.717) is 19.1 Å². The highest BCUT2D eigenvalue weighted by molar-refractivity contribution is 7.89. The van der Waals surface area contributed by atoms with Gasteiger partial charge >= 0.3 is 0 Å². The lowest BCUT2D eigenvalue weighted by Crippen LogP contribution is -2.54. The molecular formula is C16H28N4O3S. The molecule has 3 heterocycles. The second kappa shape index (κ2) is 6.74. The molecule has 1 aromatic heterocycles. The first-order valence-electron chi connectivity index (χ1n) is 8.68.